The van der Waals surface area contributed by atoms with Gasteiger partial charge in [0.1, 0.15) is 24.0 Å². The van der Waals surface area contributed by atoms with Gasteiger partial charge in [-0.05, 0) is 70.2 Å². The number of aromatic amines is 1. The van der Waals surface area contributed by atoms with Gasteiger partial charge >= 0.3 is 12.2 Å². The average molecular weight is 751 g/mol. The highest BCUT2D eigenvalue weighted by molar-refractivity contribution is 6.76. The van der Waals surface area contributed by atoms with Gasteiger partial charge in [-0.1, -0.05) is 43.9 Å². The van der Waals surface area contributed by atoms with Crippen LogP contribution in [0.15, 0.2) is 61.2 Å². The number of ether oxygens (including phenoxy) is 2. The first-order valence-corrected chi connectivity index (χ1v) is 22.5. The lowest BCUT2D eigenvalue weighted by molar-refractivity contribution is 0.0218. The van der Waals surface area contributed by atoms with Crippen molar-refractivity contribution in [3.63, 3.8) is 0 Å². The highest BCUT2D eigenvalue weighted by Crippen LogP contribution is 2.36. The third kappa shape index (κ3) is 8.19. The summed E-state index contributed by atoms with van der Waals surface area (Å²) in [5.74, 6) is 1.45. The molecule has 6 heterocycles. The Balaban J connectivity index is 1.09. The lowest BCUT2D eigenvalue weighted by atomic mass is 10.0. The first kappa shape index (κ1) is 37.2. The van der Waals surface area contributed by atoms with Crippen LogP contribution in [-0.2, 0) is 16.2 Å². The predicted molar refractivity (Wildman–Crippen MR) is 210 cm³/mol. The summed E-state index contributed by atoms with van der Waals surface area (Å²) in [7, 11) is -1.29. The molecule has 1 aromatic carbocycles. The number of aromatic nitrogens is 6. The fraction of sp³-hybridized carbons (Fsp3) is 0.450. The number of rotatable bonds is 10. The monoisotopic (exact) mass is 750 g/mol. The number of carbonyl (C=O) groups is 2. The minimum absolute atomic E-state index is 0.144. The molecule has 54 heavy (non-hydrogen) atoms. The summed E-state index contributed by atoms with van der Waals surface area (Å²) in [6.07, 6.45) is 9.36. The number of carbonyl (C=O) groups excluding carboxylic acids is 1. The molecule has 0 bridgehead atoms. The maximum atomic E-state index is 12.8. The van der Waals surface area contributed by atoms with Gasteiger partial charge in [-0.2, -0.15) is 0 Å². The number of carboxylic acid groups (broad SMARTS) is 1. The van der Waals surface area contributed by atoms with E-state index in [2.05, 4.69) is 36.8 Å². The molecule has 4 aromatic heterocycles. The molecule has 2 fully saturated rings. The quantitative estimate of drug-likeness (QED) is 0.105. The standard InChI is InChI=1S/C40H50N8O5Si/c1-40(2,3)53-39(51)47-16-7-9-33(47)36-43-23-32(45-36)27-13-11-26(12-14-27)28-19-30-31(41-21-28)20-29(22-42-30)35-24-44-37(34-10-8-15-46(34)38(49)50)48(35)25-52-17-18-54(4,5)6/h11-14,19-24,33-34H,7-10,15-18,25H2,1-6H3,(H,43,45)(H,49,50)/t33-,34-/m0/s1. The molecule has 2 aliphatic heterocycles. The Morgan fingerprint density at radius 1 is 0.870 bits per heavy atom. The van der Waals surface area contributed by atoms with Gasteiger partial charge in [0, 0.05) is 63.1 Å². The summed E-state index contributed by atoms with van der Waals surface area (Å²) in [5, 5.41) is 9.87. The van der Waals surface area contributed by atoms with Gasteiger partial charge in [-0.3, -0.25) is 19.8 Å². The van der Waals surface area contributed by atoms with Crippen molar-refractivity contribution in [3.8, 4) is 33.6 Å². The summed E-state index contributed by atoms with van der Waals surface area (Å²) in [6, 6.07) is 12.8. The van der Waals surface area contributed by atoms with Crippen LogP contribution in [0.1, 0.15) is 70.2 Å². The summed E-state index contributed by atoms with van der Waals surface area (Å²) in [5.41, 5.74) is 6.31. The molecule has 2 amide bonds. The van der Waals surface area contributed by atoms with Gasteiger partial charge in [-0.25, -0.2) is 19.6 Å². The van der Waals surface area contributed by atoms with E-state index < -0.39 is 19.8 Å². The summed E-state index contributed by atoms with van der Waals surface area (Å²) >= 11 is 0. The highest BCUT2D eigenvalue weighted by atomic mass is 28.3. The molecule has 0 aliphatic carbocycles. The number of hydrogen-bond donors (Lipinski definition) is 2. The number of pyridine rings is 2. The molecule has 7 rings (SSSR count). The zero-order valence-corrected chi connectivity index (χ0v) is 33.0. The molecule has 5 aromatic rings. The van der Waals surface area contributed by atoms with E-state index in [-0.39, 0.29) is 24.9 Å². The second kappa shape index (κ2) is 15.0. The van der Waals surface area contributed by atoms with Gasteiger partial charge in [0.05, 0.1) is 40.7 Å². The second-order valence-electron chi connectivity index (χ2n) is 16.5. The van der Waals surface area contributed by atoms with E-state index in [0.29, 0.717) is 25.5 Å². The molecule has 14 heteroatoms. The summed E-state index contributed by atoms with van der Waals surface area (Å²) < 4.78 is 13.8. The fourth-order valence-corrected chi connectivity index (χ4v) is 7.96. The Hall–Kier alpha value is -5.08. The predicted octanol–water partition coefficient (Wildman–Crippen LogP) is 8.75. The van der Waals surface area contributed by atoms with Crippen LogP contribution in [0.25, 0.3) is 44.7 Å². The molecule has 13 nitrogen and oxygen atoms in total. The van der Waals surface area contributed by atoms with Crippen molar-refractivity contribution in [2.24, 2.45) is 0 Å². The van der Waals surface area contributed by atoms with E-state index in [9.17, 15) is 14.7 Å². The molecular weight excluding hydrogens is 701 g/mol. The fourth-order valence-electron chi connectivity index (χ4n) is 7.20. The molecule has 0 unspecified atom stereocenters. The lowest BCUT2D eigenvalue weighted by Crippen LogP contribution is -2.36. The van der Waals surface area contributed by atoms with E-state index in [4.69, 9.17) is 29.4 Å². The molecule has 284 valence electrons. The first-order chi connectivity index (χ1) is 25.7. The van der Waals surface area contributed by atoms with E-state index in [1.807, 2.05) is 68.2 Å². The zero-order chi connectivity index (χ0) is 38.2. The Labute approximate surface area is 316 Å². The van der Waals surface area contributed by atoms with Gasteiger partial charge < -0.3 is 24.1 Å². The van der Waals surface area contributed by atoms with Crippen LogP contribution in [0, 0.1) is 0 Å². The molecular formula is C40H50N8O5Si. The van der Waals surface area contributed by atoms with Crippen molar-refractivity contribution in [3.05, 3.63) is 72.8 Å². The van der Waals surface area contributed by atoms with Crippen LogP contribution < -0.4 is 0 Å². The van der Waals surface area contributed by atoms with Crippen LogP contribution in [0.3, 0.4) is 0 Å². The zero-order valence-electron chi connectivity index (χ0n) is 32.0. The van der Waals surface area contributed by atoms with E-state index in [0.717, 1.165) is 82.2 Å². The van der Waals surface area contributed by atoms with E-state index in [1.165, 1.54) is 4.90 Å². The Bertz CT molecular complexity index is 2130. The first-order valence-electron chi connectivity index (χ1n) is 18.8. The Kier molecular flexibility index (Phi) is 10.3. The topological polar surface area (TPSA) is 152 Å². The molecule has 2 N–H and O–H groups in total. The van der Waals surface area contributed by atoms with E-state index >= 15 is 0 Å². The number of nitrogens with one attached hydrogen (secondary N) is 1. The summed E-state index contributed by atoms with van der Waals surface area (Å²) in [4.78, 5) is 50.7. The SMILES string of the molecule is CC(C)(C)OC(=O)N1CCC[C@H]1c1nc(-c2ccc(-c3cnc4cc(-c5cnc([C@@H]6CCCN6C(=O)O)n5COCC[Si](C)(C)C)cnc4c3)cc2)c[nH]1. The molecule has 2 atom stereocenters. The lowest BCUT2D eigenvalue weighted by Gasteiger charge is -2.27. The number of nitrogens with zero attached hydrogens (tertiary/aromatic N) is 7. The number of likely N-dealkylation sites (tertiary alicyclic amines) is 2. The van der Waals surface area contributed by atoms with Crippen LogP contribution in [0.5, 0.6) is 0 Å². The second-order valence-corrected chi connectivity index (χ2v) is 22.1. The number of benzene rings is 1. The number of fused-ring (bicyclic) bond motifs is 1. The molecule has 0 spiro atoms. The average Bonchev–Trinajstić information content (AvgIpc) is 3.95. The van der Waals surface area contributed by atoms with Crippen molar-refractivity contribution in [1.29, 1.82) is 0 Å². The Morgan fingerprint density at radius 2 is 1.52 bits per heavy atom. The largest absolute Gasteiger partial charge is 0.465 e. The normalized spacial score (nSPS) is 17.8. The maximum Gasteiger partial charge on any atom is 0.410 e. The third-order valence-corrected chi connectivity index (χ3v) is 11.7. The van der Waals surface area contributed by atoms with Crippen molar-refractivity contribution in [1.82, 2.24) is 39.3 Å². The Morgan fingerprint density at radius 3 is 2.20 bits per heavy atom. The minimum Gasteiger partial charge on any atom is -0.465 e. The van der Waals surface area contributed by atoms with Crippen molar-refractivity contribution in [2.45, 2.75) is 96.6 Å². The minimum atomic E-state index is -1.29. The van der Waals surface area contributed by atoms with Crippen molar-refractivity contribution < 1.29 is 24.2 Å². The maximum absolute atomic E-state index is 12.8. The molecule has 0 saturated carbocycles. The van der Waals surface area contributed by atoms with Crippen LogP contribution in [-0.4, -0.2) is 90.0 Å². The smallest absolute Gasteiger partial charge is 0.410 e. The van der Waals surface area contributed by atoms with Gasteiger partial charge in [0.2, 0.25) is 0 Å². The van der Waals surface area contributed by atoms with Crippen LogP contribution >= 0.6 is 0 Å². The third-order valence-electron chi connectivity index (χ3n) is 10.0. The van der Waals surface area contributed by atoms with Gasteiger partial charge in [0.25, 0.3) is 0 Å². The van der Waals surface area contributed by atoms with Gasteiger partial charge in [-0.15, -0.1) is 0 Å². The molecule has 2 aliphatic rings. The number of hydrogen-bond acceptors (Lipinski definition) is 8. The number of imidazole rings is 2. The van der Waals surface area contributed by atoms with Crippen molar-refractivity contribution in [2.75, 3.05) is 19.7 Å². The molecule has 0 radical (unpaired) electrons. The highest BCUT2D eigenvalue weighted by Gasteiger charge is 2.36. The number of amides is 2. The number of H-pyrrole nitrogens is 1. The van der Waals surface area contributed by atoms with Gasteiger partial charge in [0.15, 0.2) is 0 Å². The van der Waals surface area contributed by atoms with E-state index in [1.54, 1.807) is 11.1 Å². The molecule has 2 saturated heterocycles. The van der Waals surface area contributed by atoms with Crippen molar-refractivity contribution >= 4 is 31.3 Å². The van der Waals surface area contributed by atoms with Crippen LogP contribution in [0.2, 0.25) is 25.7 Å². The van der Waals surface area contributed by atoms with Crippen LogP contribution in [0.4, 0.5) is 9.59 Å². The summed E-state index contributed by atoms with van der Waals surface area (Å²) in [6.45, 7) is 14.6.